The second-order valence-electron chi connectivity index (χ2n) is 6.06. The van der Waals surface area contributed by atoms with E-state index in [1.165, 1.54) is 41.9 Å². The summed E-state index contributed by atoms with van der Waals surface area (Å²) < 4.78 is 19.7. The van der Waals surface area contributed by atoms with Gasteiger partial charge in [-0.2, -0.15) is 5.10 Å². The average Bonchev–Trinajstić information content (AvgIpc) is 2.96. The fraction of sp³-hybridized carbons (Fsp3) is 0.150. The topological polar surface area (TPSA) is 61.2 Å². The quantitative estimate of drug-likeness (QED) is 0.427. The highest BCUT2D eigenvalue weighted by Gasteiger charge is 2.26. The molecule has 0 fully saturated rings. The van der Waals surface area contributed by atoms with Crippen LogP contribution in [-0.2, 0) is 4.74 Å². The lowest BCUT2D eigenvalue weighted by molar-refractivity contribution is 0.0318. The largest absolute Gasteiger partial charge is 0.451 e. The molecule has 8 heteroatoms. The number of carbonyl (C=O) groups excluding carboxylic acids is 2. The van der Waals surface area contributed by atoms with Crippen LogP contribution in [0.5, 0.6) is 0 Å². The summed E-state index contributed by atoms with van der Waals surface area (Å²) in [6, 6.07) is 11.8. The SMILES string of the molecule is Cc1nn(-c2ccc(F)cc2)c(Cl)c1C(=O)OC(C)C(=O)c1cccc(Cl)c1. The van der Waals surface area contributed by atoms with Gasteiger partial charge in [0.1, 0.15) is 16.5 Å². The number of hydrogen-bond donors (Lipinski definition) is 0. The Bertz CT molecular complexity index is 1050. The molecule has 0 aliphatic carbocycles. The summed E-state index contributed by atoms with van der Waals surface area (Å²) in [6.07, 6.45) is -1.05. The molecule has 0 bridgehead atoms. The molecular weight excluding hydrogens is 406 g/mol. The summed E-state index contributed by atoms with van der Waals surface area (Å²) in [5, 5.41) is 4.63. The van der Waals surface area contributed by atoms with Gasteiger partial charge in [-0.1, -0.05) is 35.3 Å². The maximum Gasteiger partial charge on any atom is 0.343 e. The molecule has 0 amide bonds. The number of halogens is 3. The van der Waals surface area contributed by atoms with Crippen LogP contribution >= 0.6 is 23.2 Å². The van der Waals surface area contributed by atoms with Crippen molar-refractivity contribution in [2.45, 2.75) is 20.0 Å². The fourth-order valence-electron chi connectivity index (χ4n) is 2.63. The highest BCUT2D eigenvalue weighted by Crippen LogP contribution is 2.25. The van der Waals surface area contributed by atoms with Crippen molar-refractivity contribution in [3.8, 4) is 5.69 Å². The molecule has 0 saturated carbocycles. The van der Waals surface area contributed by atoms with E-state index in [1.807, 2.05) is 0 Å². The van der Waals surface area contributed by atoms with Gasteiger partial charge in [0.2, 0.25) is 5.78 Å². The smallest absolute Gasteiger partial charge is 0.343 e. The van der Waals surface area contributed by atoms with Crippen molar-refractivity contribution in [1.29, 1.82) is 0 Å². The predicted molar refractivity (Wildman–Crippen MR) is 104 cm³/mol. The van der Waals surface area contributed by atoms with Crippen molar-refractivity contribution >= 4 is 35.0 Å². The molecule has 1 atom stereocenters. The lowest BCUT2D eigenvalue weighted by Crippen LogP contribution is -2.24. The molecule has 2 aromatic carbocycles. The molecule has 0 spiro atoms. The molecule has 28 heavy (non-hydrogen) atoms. The van der Waals surface area contributed by atoms with Gasteiger partial charge in [0.15, 0.2) is 6.10 Å². The van der Waals surface area contributed by atoms with E-state index in [1.54, 1.807) is 25.1 Å². The van der Waals surface area contributed by atoms with Crippen molar-refractivity contribution in [1.82, 2.24) is 9.78 Å². The molecule has 0 aliphatic rings. The third kappa shape index (κ3) is 4.08. The second kappa shape index (κ2) is 8.12. The standard InChI is InChI=1S/C20H15Cl2FN2O3/c1-11-17(19(22)25(24-11)16-8-6-15(23)7-9-16)20(27)28-12(2)18(26)13-4-3-5-14(21)10-13/h3-10,12H,1-2H3. The Balaban J connectivity index is 1.83. The Morgan fingerprint density at radius 1 is 1.14 bits per heavy atom. The number of aromatic nitrogens is 2. The molecule has 5 nitrogen and oxygen atoms in total. The minimum absolute atomic E-state index is 0.0107. The van der Waals surface area contributed by atoms with Gasteiger partial charge in [0.25, 0.3) is 0 Å². The minimum atomic E-state index is -1.05. The van der Waals surface area contributed by atoms with Gasteiger partial charge in [-0.15, -0.1) is 0 Å². The summed E-state index contributed by atoms with van der Waals surface area (Å²) >= 11 is 12.2. The maximum absolute atomic E-state index is 13.1. The Morgan fingerprint density at radius 2 is 1.82 bits per heavy atom. The number of rotatable bonds is 5. The first-order valence-corrected chi connectivity index (χ1v) is 9.05. The van der Waals surface area contributed by atoms with E-state index in [0.717, 1.165) is 0 Å². The summed E-state index contributed by atoms with van der Waals surface area (Å²) in [4.78, 5) is 25.1. The third-order valence-corrected chi connectivity index (χ3v) is 4.63. The summed E-state index contributed by atoms with van der Waals surface area (Å²) in [6.45, 7) is 3.06. The van der Waals surface area contributed by atoms with Crippen LogP contribution in [0.4, 0.5) is 4.39 Å². The first kappa shape index (κ1) is 20.0. The van der Waals surface area contributed by atoms with E-state index < -0.39 is 23.7 Å². The molecule has 144 valence electrons. The number of benzene rings is 2. The van der Waals surface area contributed by atoms with E-state index in [2.05, 4.69) is 5.10 Å². The van der Waals surface area contributed by atoms with Crippen molar-refractivity contribution in [3.63, 3.8) is 0 Å². The van der Waals surface area contributed by atoms with Crippen LogP contribution in [0.2, 0.25) is 10.2 Å². The first-order valence-electron chi connectivity index (χ1n) is 8.29. The Morgan fingerprint density at radius 3 is 2.46 bits per heavy atom. The highest BCUT2D eigenvalue weighted by atomic mass is 35.5. The molecule has 0 aliphatic heterocycles. The maximum atomic E-state index is 13.1. The predicted octanol–water partition coefficient (Wildman–Crippen LogP) is 5.05. The van der Waals surface area contributed by atoms with Gasteiger partial charge >= 0.3 is 5.97 Å². The van der Waals surface area contributed by atoms with E-state index in [-0.39, 0.29) is 10.7 Å². The van der Waals surface area contributed by atoms with Gasteiger partial charge in [0, 0.05) is 10.6 Å². The molecule has 3 aromatic rings. The van der Waals surface area contributed by atoms with Crippen LogP contribution in [0, 0.1) is 12.7 Å². The molecule has 1 heterocycles. The van der Waals surface area contributed by atoms with E-state index in [9.17, 15) is 14.0 Å². The van der Waals surface area contributed by atoms with Crippen molar-refractivity contribution < 1.29 is 18.7 Å². The average molecular weight is 421 g/mol. The second-order valence-corrected chi connectivity index (χ2v) is 6.86. The monoisotopic (exact) mass is 420 g/mol. The van der Waals surface area contributed by atoms with E-state index in [4.69, 9.17) is 27.9 Å². The Hall–Kier alpha value is -2.70. The summed E-state index contributed by atoms with van der Waals surface area (Å²) in [5.74, 6) is -1.58. The van der Waals surface area contributed by atoms with E-state index in [0.29, 0.717) is 22.0 Å². The Labute approximate surface area is 170 Å². The zero-order valence-corrected chi connectivity index (χ0v) is 16.5. The molecule has 1 aromatic heterocycles. The van der Waals surface area contributed by atoms with Crippen molar-refractivity contribution in [2.75, 3.05) is 0 Å². The number of hydrogen-bond acceptors (Lipinski definition) is 4. The third-order valence-electron chi connectivity index (χ3n) is 4.04. The number of ether oxygens (including phenoxy) is 1. The van der Waals surface area contributed by atoms with Gasteiger partial charge in [-0.05, 0) is 50.2 Å². The molecule has 0 saturated heterocycles. The van der Waals surface area contributed by atoms with Crippen molar-refractivity contribution in [3.05, 3.63) is 81.3 Å². The number of Topliss-reactive ketones (excluding diaryl/α,β-unsaturated/α-hetero) is 1. The molecular formula is C20H15Cl2FN2O3. The molecule has 0 radical (unpaired) electrons. The van der Waals surface area contributed by atoms with Gasteiger partial charge in [-0.3, -0.25) is 4.79 Å². The fourth-order valence-corrected chi connectivity index (χ4v) is 3.17. The van der Waals surface area contributed by atoms with Crippen LogP contribution in [0.3, 0.4) is 0 Å². The highest BCUT2D eigenvalue weighted by molar-refractivity contribution is 6.33. The summed E-state index contributed by atoms with van der Waals surface area (Å²) in [7, 11) is 0. The van der Waals surface area contributed by atoms with Crippen LogP contribution in [-0.4, -0.2) is 27.6 Å². The number of nitrogens with zero attached hydrogens (tertiary/aromatic N) is 2. The normalized spacial score (nSPS) is 11.9. The van der Waals surface area contributed by atoms with E-state index >= 15 is 0 Å². The van der Waals surface area contributed by atoms with Gasteiger partial charge in [-0.25, -0.2) is 13.9 Å². The minimum Gasteiger partial charge on any atom is -0.451 e. The van der Waals surface area contributed by atoms with Crippen LogP contribution in [0.25, 0.3) is 5.69 Å². The van der Waals surface area contributed by atoms with Crippen molar-refractivity contribution in [2.24, 2.45) is 0 Å². The molecule has 3 rings (SSSR count). The van der Waals surface area contributed by atoms with Gasteiger partial charge in [0.05, 0.1) is 11.4 Å². The lowest BCUT2D eigenvalue weighted by Gasteiger charge is -2.12. The Kier molecular flexibility index (Phi) is 5.82. The van der Waals surface area contributed by atoms with Gasteiger partial charge < -0.3 is 4.74 Å². The van der Waals surface area contributed by atoms with Crippen LogP contribution in [0.15, 0.2) is 48.5 Å². The summed E-state index contributed by atoms with van der Waals surface area (Å²) in [5.41, 5.74) is 1.17. The van der Waals surface area contributed by atoms with Crippen LogP contribution in [0.1, 0.15) is 33.3 Å². The zero-order valence-electron chi connectivity index (χ0n) is 14.9. The number of ketones is 1. The molecule has 0 N–H and O–H groups in total. The van der Waals surface area contributed by atoms with Crippen LogP contribution < -0.4 is 0 Å². The number of carbonyl (C=O) groups is 2. The zero-order chi connectivity index (χ0) is 20.4. The lowest BCUT2D eigenvalue weighted by atomic mass is 10.1. The molecule has 1 unspecified atom stereocenters. The number of aryl methyl sites for hydroxylation is 1. The number of esters is 1. The first-order chi connectivity index (χ1) is 13.3.